The third kappa shape index (κ3) is 4.21. The Labute approximate surface area is 127 Å². The summed E-state index contributed by atoms with van der Waals surface area (Å²) >= 11 is 5.96. The molecule has 0 aliphatic carbocycles. The second-order valence-electron chi connectivity index (χ2n) is 5.12. The van der Waals surface area contributed by atoms with Crippen molar-refractivity contribution in [3.8, 4) is 0 Å². The molecular weight excluding hydrogens is 294 g/mol. The molecule has 0 atom stereocenters. The number of benzene rings is 1. The Morgan fingerprint density at radius 2 is 1.65 bits per heavy atom. The quantitative estimate of drug-likeness (QED) is 0.743. The highest BCUT2D eigenvalue weighted by Gasteiger charge is 2.31. The van der Waals surface area contributed by atoms with E-state index >= 15 is 0 Å². The summed E-state index contributed by atoms with van der Waals surface area (Å²) in [5.41, 5.74) is 0.587. The predicted molar refractivity (Wildman–Crippen MR) is 84.8 cm³/mol. The second-order valence-corrected chi connectivity index (χ2v) is 7.07. The zero-order valence-corrected chi connectivity index (χ0v) is 14.0. The van der Waals surface area contributed by atoms with Gasteiger partial charge in [0.1, 0.15) is 0 Å². The van der Waals surface area contributed by atoms with Gasteiger partial charge in [-0.25, -0.2) is 13.1 Å². The summed E-state index contributed by atoms with van der Waals surface area (Å²) < 4.78 is 27.6. The molecule has 0 amide bonds. The van der Waals surface area contributed by atoms with Crippen LogP contribution in [0.25, 0.3) is 0 Å². The maximum atomic E-state index is 12.4. The predicted octanol–water partition coefficient (Wildman–Crippen LogP) is 3.72. The molecule has 0 unspecified atom stereocenters. The van der Waals surface area contributed by atoms with E-state index in [0.29, 0.717) is 17.7 Å². The van der Waals surface area contributed by atoms with Gasteiger partial charge in [0.2, 0.25) is 10.0 Å². The van der Waals surface area contributed by atoms with Gasteiger partial charge in [0.05, 0.1) is 4.90 Å². The van der Waals surface area contributed by atoms with Crippen molar-refractivity contribution in [1.82, 2.24) is 4.72 Å². The number of hydrogen-bond acceptors (Lipinski definition) is 2. The standard InChI is InChI=1S/C15H24ClNO2S/c1-4-7-13-8-10-14(11-9-13)20(18,19)17-15(5-2,6-3)12-16/h8-11,17H,4-7,12H2,1-3H3. The minimum atomic E-state index is -3.52. The summed E-state index contributed by atoms with van der Waals surface area (Å²) in [5, 5.41) is 0. The number of nitrogens with one attached hydrogen (secondary N) is 1. The third-order valence-electron chi connectivity index (χ3n) is 3.73. The first-order chi connectivity index (χ1) is 9.43. The minimum absolute atomic E-state index is 0.271. The summed E-state index contributed by atoms with van der Waals surface area (Å²) in [6.07, 6.45) is 3.34. The van der Waals surface area contributed by atoms with E-state index in [1.165, 1.54) is 0 Å². The number of sulfonamides is 1. The highest BCUT2D eigenvalue weighted by Crippen LogP contribution is 2.21. The van der Waals surface area contributed by atoms with Gasteiger partial charge in [-0.1, -0.05) is 39.3 Å². The molecule has 0 radical (unpaired) electrons. The molecule has 1 rings (SSSR count). The van der Waals surface area contributed by atoms with Crippen molar-refractivity contribution in [3.63, 3.8) is 0 Å². The Balaban J connectivity index is 2.98. The van der Waals surface area contributed by atoms with Crippen LogP contribution in [-0.4, -0.2) is 19.8 Å². The van der Waals surface area contributed by atoms with Gasteiger partial charge in [-0.05, 0) is 37.0 Å². The Hall–Kier alpha value is -0.580. The largest absolute Gasteiger partial charge is 0.241 e. The molecule has 1 N–H and O–H groups in total. The van der Waals surface area contributed by atoms with E-state index in [1.54, 1.807) is 12.1 Å². The van der Waals surface area contributed by atoms with E-state index in [1.807, 2.05) is 26.0 Å². The lowest BCUT2D eigenvalue weighted by molar-refractivity contribution is 0.394. The van der Waals surface area contributed by atoms with Crippen LogP contribution in [-0.2, 0) is 16.4 Å². The molecule has 0 saturated carbocycles. The first-order valence-corrected chi connectivity index (χ1v) is 9.13. The summed E-state index contributed by atoms with van der Waals surface area (Å²) in [6.45, 7) is 5.99. The molecule has 20 heavy (non-hydrogen) atoms. The number of aryl methyl sites for hydroxylation is 1. The fourth-order valence-electron chi connectivity index (χ4n) is 2.08. The van der Waals surface area contributed by atoms with Gasteiger partial charge in [-0.15, -0.1) is 11.6 Å². The fraction of sp³-hybridized carbons (Fsp3) is 0.600. The molecular formula is C15H24ClNO2S. The van der Waals surface area contributed by atoms with Gasteiger partial charge in [-0.3, -0.25) is 0 Å². The Bertz CT molecular complexity index is 499. The first kappa shape index (κ1) is 17.5. The topological polar surface area (TPSA) is 46.2 Å². The van der Waals surface area contributed by atoms with Crippen molar-refractivity contribution in [2.24, 2.45) is 0 Å². The summed E-state index contributed by atoms with van der Waals surface area (Å²) in [7, 11) is -3.52. The van der Waals surface area contributed by atoms with Gasteiger partial charge in [0.25, 0.3) is 0 Å². The minimum Gasteiger partial charge on any atom is -0.207 e. The van der Waals surface area contributed by atoms with Crippen molar-refractivity contribution < 1.29 is 8.42 Å². The van der Waals surface area contributed by atoms with E-state index in [0.717, 1.165) is 18.4 Å². The van der Waals surface area contributed by atoms with Crippen molar-refractivity contribution in [3.05, 3.63) is 29.8 Å². The van der Waals surface area contributed by atoms with Gasteiger partial charge < -0.3 is 0 Å². The maximum Gasteiger partial charge on any atom is 0.241 e. The SMILES string of the molecule is CCCc1ccc(S(=O)(=O)NC(CC)(CC)CCl)cc1. The number of hydrogen-bond donors (Lipinski definition) is 1. The Kier molecular flexibility index (Phi) is 6.49. The highest BCUT2D eigenvalue weighted by molar-refractivity contribution is 7.89. The van der Waals surface area contributed by atoms with Gasteiger partial charge in [-0.2, -0.15) is 0 Å². The number of alkyl halides is 1. The third-order valence-corrected chi connectivity index (χ3v) is 5.84. The number of rotatable bonds is 8. The molecule has 1 aromatic rings. The maximum absolute atomic E-state index is 12.4. The smallest absolute Gasteiger partial charge is 0.207 e. The molecule has 0 saturated heterocycles. The van der Waals surface area contributed by atoms with Gasteiger partial charge in [0, 0.05) is 11.4 Å². The number of halogens is 1. The lowest BCUT2D eigenvalue weighted by atomic mass is 9.97. The molecule has 5 heteroatoms. The van der Waals surface area contributed by atoms with Gasteiger partial charge in [0.15, 0.2) is 0 Å². The van der Waals surface area contributed by atoms with E-state index in [4.69, 9.17) is 11.6 Å². The molecule has 0 aromatic heterocycles. The summed E-state index contributed by atoms with van der Waals surface area (Å²) in [5.74, 6) is 0.271. The molecule has 0 heterocycles. The average molecular weight is 318 g/mol. The van der Waals surface area contributed by atoms with Crippen molar-refractivity contribution in [2.45, 2.75) is 56.9 Å². The molecule has 0 spiro atoms. The van der Waals surface area contributed by atoms with Crippen LogP contribution in [0.2, 0.25) is 0 Å². The van der Waals surface area contributed by atoms with Crippen LogP contribution < -0.4 is 4.72 Å². The van der Waals surface area contributed by atoms with E-state index in [9.17, 15) is 8.42 Å². The van der Waals surface area contributed by atoms with Crippen LogP contribution in [0.3, 0.4) is 0 Å². The average Bonchev–Trinajstić information content (AvgIpc) is 2.46. The molecule has 1 aromatic carbocycles. The Morgan fingerprint density at radius 3 is 2.05 bits per heavy atom. The van der Waals surface area contributed by atoms with Crippen LogP contribution in [0.1, 0.15) is 45.6 Å². The van der Waals surface area contributed by atoms with E-state index < -0.39 is 15.6 Å². The fourth-order valence-corrected chi connectivity index (χ4v) is 4.15. The summed E-state index contributed by atoms with van der Waals surface area (Å²) in [6, 6.07) is 7.08. The normalized spacial score (nSPS) is 12.6. The second kappa shape index (κ2) is 7.43. The molecule has 0 aliphatic heterocycles. The van der Waals surface area contributed by atoms with Crippen molar-refractivity contribution in [2.75, 3.05) is 5.88 Å². The lowest BCUT2D eigenvalue weighted by Gasteiger charge is -2.30. The highest BCUT2D eigenvalue weighted by atomic mass is 35.5. The van der Waals surface area contributed by atoms with E-state index in [2.05, 4.69) is 11.6 Å². The van der Waals surface area contributed by atoms with E-state index in [-0.39, 0.29) is 5.88 Å². The zero-order valence-electron chi connectivity index (χ0n) is 12.4. The van der Waals surface area contributed by atoms with Crippen LogP contribution in [0.15, 0.2) is 29.2 Å². The molecule has 114 valence electrons. The summed E-state index contributed by atoms with van der Waals surface area (Å²) in [4.78, 5) is 0.300. The van der Waals surface area contributed by atoms with Crippen LogP contribution in [0.5, 0.6) is 0 Å². The lowest BCUT2D eigenvalue weighted by Crippen LogP contribution is -2.49. The van der Waals surface area contributed by atoms with Crippen molar-refractivity contribution in [1.29, 1.82) is 0 Å². The molecule has 0 bridgehead atoms. The van der Waals surface area contributed by atoms with Crippen molar-refractivity contribution >= 4 is 21.6 Å². The first-order valence-electron chi connectivity index (χ1n) is 7.12. The molecule has 0 fully saturated rings. The molecule has 3 nitrogen and oxygen atoms in total. The van der Waals surface area contributed by atoms with Crippen LogP contribution >= 0.6 is 11.6 Å². The van der Waals surface area contributed by atoms with Gasteiger partial charge >= 0.3 is 0 Å². The monoisotopic (exact) mass is 317 g/mol. The Morgan fingerprint density at radius 1 is 1.10 bits per heavy atom. The van der Waals surface area contributed by atoms with Crippen LogP contribution in [0, 0.1) is 0 Å². The van der Waals surface area contributed by atoms with Crippen LogP contribution in [0.4, 0.5) is 0 Å². The zero-order chi connectivity index (χ0) is 15.2. The molecule has 0 aliphatic rings.